The Morgan fingerprint density at radius 1 is 0.480 bits per heavy atom. The lowest BCUT2D eigenvalue weighted by Gasteiger charge is -2.27. The number of allylic oxidation sites excluding steroid dienone is 2. The van der Waals surface area contributed by atoms with Crippen molar-refractivity contribution in [3.8, 4) is 0 Å². The van der Waals surface area contributed by atoms with Crippen LogP contribution in [-0.4, -0.2) is 57.3 Å². The molecule has 0 spiro atoms. The average molecular weight is 710 g/mol. The minimum atomic E-state index is -1.28. The highest BCUT2D eigenvalue weighted by molar-refractivity contribution is 5.80. The van der Waals surface area contributed by atoms with E-state index in [0.717, 1.165) is 38.5 Å². The molecule has 0 heterocycles. The van der Waals surface area contributed by atoms with Gasteiger partial charge in [0.1, 0.15) is 12.2 Å². The molecule has 5 N–H and O–H groups in total. The minimum absolute atomic E-state index is 0.367. The predicted molar refractivity (Wildman–Crippen MR) is 215 cm³/mol. The van der Waals surface area contributed by atoms with Crippen molar-refractivity contribution >= 4 is 5.91 Å². The molecular formula is C44H87NO5. The fourth-order valence-corrected chi connectivity index (χ4v) is 6.93. The molecule has 298 valence electrons. The largest absolute Gasteiger partial charge is 0.394 e. The first-order valence-electron chi connectivity index (χ1n) is 22.1. The van der Waals surface area contributed by atoms with Crippen LogP contribution in [-0.2, 0) is 4.79 Å². The van der Waals surface area contributed by atoms with Crippen LogP contribution in [0, 0.1) is 0 Å². The van der Waals surface area contributed by atoms with E-state index < -0.39 is 36.9 Å². The monoisotopic (exact) mass is 710 g/mol. The summed E-state index contributed by atoms with van der Waals surface area (Å²) in [5.74, 6) is -0.593. The number of amides is 1. The molecule has 0 aliphatic carbocycles. The number of rotatable bonds is 40. The first-order valence-corrected chi connectivity index (χ1v) is 22.1. The second kappa shape index (κ2) is 39.3. The van der Waals surface area contributed by atoms with Gasteiger partial charge in [-0.05, 0) is 38.5 Å². The summed E-state index contributed by atoms with van der Waals surface area (Å²) in [5.41, 5.74) is 0. The molecule has 6 nitrogen and oxygen atoms in total. The zero-order valence-corrected chi connectivity index (χ0v) is 33.4. The molecule has 50 heavy (non-hydrogen) atoms. The lowest BCUT2D eigenvalue weighted by molar-refractivity contribution is -0.132. The number of carbonyl (C=O) groups is 1. The normalized spacial score (nSPS) is 14.3. The third kappa shape index (κ3) is 32.9. The molecule has 0 saturated carbocycles. The number of unbranched alkanes of at least 4 members (excludes halogenated alkanes) is 29. The smallest absolute Gasteiger partial charge is 0.249 e. The van der Waals surface area contributed by atoms with E-state index in [1.807, 2.05) is 0 Å². The maximum absolute atomic E-state index is 12.4. The van der Waals surface area contributed by atoms with Crippen LogP contribution in [0.2, 0.25) is 0 Å². The van der Waals surface area contributed by atoms with Crippen LogP contribution in [0.5, 0.6) is 0 Å². The van der Waals surface area contributed by atoms with E-state index >= 15 is 0 Å². The van der Waals surface area contributed by atoms with Gasteiger partial charge in [-0.2, -0.15) is 0 Å². The fourth-order valence-electron chi connectivity index (χ4n) is 6.93. The summed E-state index contributed by atoms with van der Waals surface area (Å²) in [6.07, 6.45) is 42.6. The Hall–Kier alpha value is -0.950. The van der Waals surface area contributed by atoms with Crippen molar-refractivity contribution in [1.29, 1.82) is 0 Å². The predicted octanol–water partition coefficient (Wildman–Crippen LogP) is 11.4. The Balaban J connectivity index is 3.70. The molecule has 4 unspecified atom stereocenters. The van der Waals surface area contributed by atoms with Crippen molar-refractivity contribution < 1.29 is 25.2 Å². The molecule has 0 rings (SSSR count). The molecule has 4 atom stereocenters. The van der Waals surface area contributed by atoms with E-state index in [4.69, 9.17) is 0 Å². The van der Waals surface area contributed by atoms with Gasteiger partial charge in [0.25, 0.3) is 0 Å². The number of nitrogens with one attached hydrogen (secondary N) is 1. The van der Waals surface area contributed by atoms with E-state index in [2.05, 4.69) is 31.3 Å². The zero-order chi connectivity index (χ0) is 36.8. The summed E-state index contributed by atoms with van der Waals surface area (Å²) in [4.78, 5) is 12.4. The van der Waals surface area contributed by atoms with Crippen molar-refractivity contribution in [1.82, 2.24) is 5.32 Å². The third-order valence-electron chi connectivity index (χ3n) is 10.5. The first kappa shape index (κ1) is 49.0. The fraction of sp³-hybridized carbons (Fsp3) is 0.932. The Kier molecular flexibility index (Phi) is 38.5. The maximum atomic E-state index is 12.4. The average Bonchev–Trinajstić information content (AvgIpc) is 3.12. The molecule has 0 aromatic rings. The summed E-state index contributed by atoms with van der Waals surface area (Å²) >= 11 is 0. The number of aliphatic hydroxyl groups excluding tert-OH is 4. The Morgan fingerprint density at radius 2 is 0.820 bits per heavy atom. The van der Waals surface area contributed by atoms with Crippen LogP contribution in [0.1, 0.15) is 232 Å². The maximum Gasteiger partial charge on any atom is 0.249 e. The minimum Gasteiger partial charge on any atom is -0.394 e. The van der Waals surface area contributed by atoms with Gasteiger partial charge in [-0.1, -0.05) is 206 Å². The molecule has 0 bridgehead atoms. The van der Waals surface area contributed by atoms with E-state index in [9.17, 15) is 25.2 Å². The van der Waals surface area contributed by atoms with Crippen LogP contribution in [0.4, 0.5) is 0 Å². The Bertz CT molecular complexity index is 717. The highest BCUT2D eigenvalue weighted by atomic mass is 16.3. The topological polar surface area (TPSA) is 110 Å². The molecule has 6 heteroatoms. The van der Waals surface area contributed by atoms with Crippen molar-refractivity contribution in [3.05, 3.63) is 12.2 Å². The second-order valence-corrected chi connectivity index (χ2v) is 15.4. The molecule has 0 saturated heterocycles. The summed E-state index contributed by atoms with van der Waals surface area (Å²) < 4.78 is 0. The van der Waals surface area contributed by atoms with Gasteiger partial charge in [-0.3, -0.25) is 4.79 Å². The lowest BCUT2D eigenvalue weighted by atomic mass is 10.00. The van der Waals surface area contributed by atoms with Gasteiger partial charge in [0.2, 0.25) is 5.91 Å². The van der Waals surface area contributed by atoms with Gasteiger partial charge >= 0.3 is 0 Å². The summed E-state index contributed by atoms with van der Waals surface area (Å²) in [5, 5.41) is 43.5. The first-order chi connectivity index (χ1) is 24.5. The van der Waals surface area contributed by atoms with E-state index in [1.54, 1.807) is 0 Å². The van der Waals surface area contributed by atoms with Gasteiger partial charge in [0, 0.05) is 0 Å². The van der Waals surface area contributed by atoms with Gasteiger partial charge in [-0.15, -0.1) is 0 Å². The Labute approximate surface area is 311 Å². The molecular weight excluding hydrogens is 622 g/mol. The Morgan fingerprint density at radius 3 is 1.20 bits per heavy atom. The molecule has 0 aromatic heterocycles. The molecule has 0 radical (unpaired) electrons. The highest BCUT2D eigenvalue weighted by Crippen LogP contribution is 2.16. The van der Waals surface area contributed by atoms with Crippen LogP contribution in [0.3, 0.4) is 0 Å². The van der Waals surface area contributed by atoms with Crippen molar-refractivity contribution in [2.45, 2.75) is 257 Å². The van der Waals surface area contributed by atoms with Crippen LogP contribution in [0.15, 0.2) is 12.2 Å². The van der Waals surface area contributed by atoms with Crippen LogP contribution >= 0.6 is 0 Å². The van der Waals surface area contributed by atoms with Crippen LogP contribution < -0.4 is 5.32 Å². The standard InChI is InChI=1S/C44H87NO5/c1-3-5-7-9-11-13-15-16-17-18-19-20-21-22-23-24-25-26-28-29-31-33-35-37-41(47)43(49)40(39-46)45-44(50)42(48)38-36-34-32-30-27-14-12-10-8-6-4-2/h29,31,40-43,46-49H,3-28,30,32-39H2,1-2H3,(H,45,50)/b31-29+. The summed E-state index contributed by atoms with van der Waals surface area (Å²) in [6.45, 7) is 4.03. The second-order valence-electron chi connectivity index (χ2n) is 15.4. The molecule has 0 aromatic carbocycles. The SMILES string of the molecule is CCCCCCCCCCCCCCCCCCCC/C=C/CCCC(O)C(O)C(CO)NC(=O)C(O)CCCCCCCCCCCCC. The van der Waals surface area contributed by atoms with E-state index in [0.29, 0.717) is 12.8 Å². The number of carbonyl (C=O) groups excluding carboxylic acids is 1. The van der Waals surface area contributed by atoms with Gasteiger partial charge in [0.05, 0.1) is 18.8 Å². The van der Waals surface area contributed by atoms with Crippen molar-refractivity contribution in [3.63, 3.8) is 0 Å². The quantitative estimate of drug-likeness (QED) is 0.0321. The van der Waals surface area contributed by atoms with Crippen molar-refractivity contribution in [2.24, 2.45) is 0 Å². The molecule has 0 aliphatic heterocycles. The van der Waals surface area contributed by atoms with Crippen molar-refractivity contribution in [2.75, 3.05) is 6.61 Å². The van der Waals surface area contributed by atoms with Crippen LogP contribution in [0.25, 0.3) is 0 Å². The lowest BCUT2D eigenvalue weighted by Crippen LogP contribution is -2.53. The zero-order valence-electron chi connectivity index (χ0n) is 33.4. The molecule has 0 fully saturated rings. The molecule has 0 aliphatic rings. The van der Waals surface area contributed by atoms with Gasteiger partial charge in [-0.25, -0.2) is 0 Å². The highest BCUT2D eigenvalue weighted by Gasteiger charge is 2.28. The van der Waals surface area contributed by atoms with E-state index in [1.165, 1.54) is 167 Å². The molecule has 1 amide bonds. The van der Waals surface area contributed by atoms with Gasteiger partial charge < -0.3 is 25.7 Å². The van der Waals surface area contributed by atoms with Gasteiger partial charge in [0.15, 0.2) is 0 Å². The number of hydrogen-bond acceptors (Lipinski definition) is 5. The number of hydrogen-bond donors (Lipinski definition) is 5. The summed E-state index contributed by atoms with van der Waals surface area (Å²) in [6, 6.07) is -0.996. The third-order valence-corrected chi connectivity index (χ3v) is 10.5. The van der Waals surface area contributed by atoms with E-state index in [-0.39, 0.29) is 0 Å². The number of aliphatic hydroxyl groups is 4. The summed E-state index contributed by atoms with van der Waals surface area (Å²) in [7, 11) is 0.